The molecule has 2 heterocycles. The molecule has 6 heteroatoms. The molecule has 0 saturated heterocycles. The first kappa shape index (κ1) is 17.2. The van der Waals surface area contributed by atoms with E-state index in [9.17, 15) is 4.79 Å². The van der Waals surface area contributed by atoms with Gasteiger partial charge in [0.1, 0.15) is 0 Å². The van der Waals surface area contributed by atoms with Gasteiger partial charge in [-0.2, -0.15) is 0 Å². The van der Waals surface area contributed by atoms with Crippen molar-refractivity contribution in [3.05, 3.63) is 47.9 Å². The van der Waals surface area contributed by atoms with Gasteiger partial charge in [0.15, 0.2) is 5.76 Å². The van der Waals surface area contributed by atoms with E-state index in [0.717, 1.165) is 42.8 Å². The summed E-state index contributed by atoms with van der Waals surface area (Å²) in [4.78, 5) is 19.4. The quantitative estimate of drug-likeness (QED) is 0.715. The Balaban J connectivity index is 1.89. The Morgan fingerprint density at radius 1 is 1.24 bits per heavy atom. The second-order valence-corrected chi connectivity index (χ2v) is 5.99. The fourth-order valence-corrected chi connectivity index (χ4v) is 2.94. The molecule has 0 atom stereocenters. The number of aryl methyl sites for hydroxylation is 1. The minimum absolute atomic E-state index is 0.276. The number of fused-ring (bicyclic) bond motifs is 1. The average Bonchev–Trinajstić information content (AvgIpc) is 3.19. The van der Waals surface area contributed by atoms with Gasteiger partial charge >= 0.3 is 0 Å². The number of likely N-dealkylation sites (N-methyl/N-ethyl adjacent to an activating group) is 1. The molecule has 0 fully saturated rings. The molecule has 2 aromatic heterocycles. The molecule has 0 aliphatic heterocycles. The van der Waals surface area contributed by atoms with Crippen molar-refractivity contribution < 1.29 is 9.21 Å². The summed E-state index contributed by atoms with van der Waals surface area (Å²) in [6.45, 7) is 9.80. The average molecular weight is 340 g/mol. The minimum Gasteiger partial charge on any atom is -0.459 e. The summed E-state index contributed by atoms with van der Waals surface area (Å²) < 4.78 is 7.35. The summed E-state index contributed by atoms with van der Waals surface area (Å²) in [5.41, 5.74) is 2.69. The lowest BCUT2D eigenvalue weighted by Gasteiger charge is -2.19. The summed E-state index contributed by atoms with van der Waals surface area (Å²) >= 11 is 0. The summed E-state index contributed by atoms with van der Waals surface area (Å²) in [6.07, 6.45) is 1.52. The Morgan fingerprint density at radius 3 is 2.68 bits per heavy atom. The number of para-hydroxylation sites is 2. The molecule has 0 saturated carbocycles. The van der Waals surface area contributed by atoms with E-state index in [-0.39, 0.29) is 5.91 Å². The fraction of sp³-hybridized carbons (Fsp3) is 0.368. The van der Waals surface area contributed by atoms with E-state index in [1.165, 1.54) is 6.26 Å². The van der Waals surface area contributed by atoms with Crippen LogP contribution in [0.3, 0.4) is 0 Å². The van der Waals surface area contributed by atoms with Gasteiger partial charge in [0.2, 0.25) is 5.95 Å². The van der Waals surface area contributed by atoms with Gasteiger partial charge in [0, 0.05) is 18.7 Å². The smallest absolute Gasteiger partial charge is 0.293 e. The van der Waals surface area contributed by atoms with Gasteiger partial charge in [-0.15, -0.1) is 0 Å². The molecule has 3 aromatic rings. The number of rotatable bonds is 7. The maximum Gasteiger partial charge on any atom is 0.293 e. The predicted molar refractivity (Wildman–Crippen MR) is 98.9 cm³/mol. The number of anilines is 1. The number of nitrogens with one attached hydrogen (secondary N) is 1. The number of carbonyl (C=O) groups is 1. The molecular formula is C19H24N4O2. The van der Waals surface area contributed by atoms with Crippen LogP contribution < -0.4 is 5.32 Å². The molecule has 1 aromatic carbocycles. The van der Waals surface area contributed by atoms with Gasteiger partial charge in [0.25, 0.3) is 5.91 Å². The van der Waals surface area contributed by atoms with Crippen molar-refractivity contribution in [1.29, 1.82) is 0 Å². The second kappa shape index (κ2) is 7.53. The molecule has 132 valence electrons. The zero-order valence-corrected chi connectivity index (χ0v) is 15.0. The van der Waals surface area contributed by atoms with Crippen LogP contribution in [0.15, 0.2) is 41.0 Å². The van der Waals surface area contributed by atoms with Crippen molar-refractivity contribution in [2.45, 2.75) is 27.3 Å². The van der Waals surface area contributed by atoms with Crippen LogP contribution in [0.5, 0.6) is 0 Å². The third-order valence-corrected chi connectivity index (χ3v) is 4.48. The Hall–Kier alpha value is -2.60. The lowest BCUT2D eigenvalue weighted by molar-refractivity contribution is 0.0994. The third-order valence-electron chi connectivity index (χ3n) is 4.48. The number of carbonyl (C=O) groups excluding carboxylic acids is 1. The first-order valence-electron chi connectivity index (χ1n) is 8.67. The second-order valence-electron chi connectivity index (χ2n) is 5.99. The monoisotopic (exact) mass is 340 g/mol. The maximum absolute atomic E-state index is 12.5. The number of aromatic nitrogens is 2. The van der Waals surface area contributed by atoms with E-state index >= 15 is 0 Å². The van der Waals surface area contributed by atoms with Gasteiger partial charge in [-0.25, -0.2) is 4.98 Å². The van der Waals surface area contributed by atoms with Crippen LogP contribution in [0.25, 0.3) is 11.0 Å². The van der Waals surface area contributed by atoms with E-state index in [1.807, 2.05) is 31.2 Å². The van der Waals surface area contributed by atoms with Crippen LogP contribution in [0.2, 0.25) is 0 Å². The van der Waals surface area contributed by atoms with Crippen LogP contribution in [-0.4, -0.2) is 40.0 Å². The maximum atomic E-state index is 12.5. The molecule has 0 bridgehead atoms. The highest BCUT2D eigenvalue weighted by Crippen LogP contribution is 2.21. The number of amides is 1. The van der Waals surface area contributed by atoms with Crippen LogP contribution in [0, 0.1) is 6.92 Å². The summed E-state index contributed by atoms with van der Waals surface area (Å²) in [5, 5.41) is 2.90. The number of nitrogens with zero attached hydrogens (tertiary/aromatic N) is 3. The van der Waals surface area contributed by atoms with Gasteiger partial charge in [-0.05, 0) is 38.2 Å². The van der Waals surface area contributed by atoms with Gasteiger partial charge in [0.05, 0.1) is 17.3 Å². The van der Waals surface area contributed by atoms with Crippen molar-refractivity contribution in [2.75, 3.05) is 25.0 Å². The summed E-state index contributed by atoms with van der Waals surface area (Å²) in [6, 6.07) is 9.69. The highest BCUT2D eigenvalue weighted by molar-refractivity contribution is 6.03. The Bertz CT molecular complexity index is 861. The normalized spacial score (nSPS) is 11.4. The molecule has 0 spiro atoms. The number of hydrogen-bond donors (Lipinski definition) is 1. The van der Waals surface area contributed by atoms with Crippen molar-refractivity contribution in [1.82, 2.24) is 14.5 Å². The molecule has 25 heavy (non-hydrogen) atoms. The topological polar surface area (TPSA) is 63.3 Å². The van der Waals surface area contributed by atoms with Crippen LogP contribution in [-0.2, 0) is 6.54 Å². The molecule has 6 nitrogen and oxygen atoms in total. The van der Waals surface area contributed by atoms with Crippen molar-refractivity contribution >= 4 is 22.9 Å². The van der Waals surface area contributed by atoms with Crippen molar-refractivity contribution in [3.63, 3.8) is 0 Å². The fourth-order valence-electron chi connectivity index (χ4n) is 2.94. The van der Waals surface area contributed by atoms with Gasteiger partial charge < -0.3 is 13.9 Å². The third kappa shape index (κ3) is 3.58. The standard InChI is InChI=1S/C19H24N4O2/c1-4-22(5-2)11-12-23-16-9-7-6-8-15(16)20-19(23)21-18(24)17-14(3)10-13-25-17/h6-10,13H,4-5,11-12H2,1-3H3,(H,20,21,24). The molecule has 1 N–H and O–H groups in total. The van der Waals surface area contributed by atoms with Gasteiger partial charge in [-0.3, -0.25) is 10.1 Å². The number of benzene rings is 1. The SMILES string of the molecule is CCN(CC)CCn1c(NC(=O)c2occc2C)nc2ccccc21. The van der Waals surface area contributed by atoms with Crippen LogP contribution in [0.1, 0.15) is 30.0 Å². The Labute approximate surface area is 147 Å². The van der Waals surface area contributed by atoms with E-state index in [0.29, 0.717) is 11.7 Å². The molecule has 0 radical (unpaired) electrons. The minimum atomic E-state index is -0.276. The highest BCUT2D eigenvalue weighted by atomic mass is 16.3. The Kier molecular flexibility index (Phi) is 5.19. The number of furan rings is 1. The van der Waals surface area contributed by atoms with Gasteiger partial charge in [-0.1, -0.05) is 26.0 Å². The van der Waals surface area contributed by atoms with Crippen molar-refractivity contribution in [2.24, 2.45) is 0 Å². The van der Waals surface area contributed by atoms with Crippen LogP contribution in [0.4, 0.5) is 5.95 Å². The predicted octanol–water partition coefficient (Wildman–Crippen LogP) is 3.53. The molecule has 0 aliphatic carbocycles. The summed E-state index contributed by atoms with van der Waals surface area (Å²) in [7, 11) is 0. The van der Waals surface area contributed by atoms with E-state index in [1.54, 1.807) is 6.07 Å². The molecule has 1 amide bonds. The zero-order chi connectivity index (χ0) is 17.8. The summed E-state index contributed by atoms with van der Waals surface area (Å²) in [5.74, 6) is 0.596. The molecule has 0 aliphatic rings. The first-order chi connectivity index (χ1) is 12.1. The first-order valence-corrected chi connectivity index (χ1v) is 8.67. The van der Waals surface area contributed by atoms with E-state index < -0.39 is 0 Å². The molecular weight excluding hydrogens is 316 g/mol. The lowest BCUT2D eigenvalue weighted by atomic mass is 10.3. The lowest BCUT2D eigenvalue weighted by Crippen LogP contribution is -2.27. The highest BCUT2D eigenvalue weighted by Gasteiger charge is 2.18. The molecule has 0 unspecified atom stereocenters. The number of imidazole rings is 1. The largest absolute Gasteiger partial charge is 0.459 e. The number of hydrogen-bond acceptors (Lipinski definition) is 4. The Morgan fingerprint density at radius 2 is 2.00 bits per heavy atom. The van der Waals surface area contributed by atoms with E-state index in [4.69, 9.17) is 4.42 Å². The van der Waals surface area contributed by atoms with Crippen LogP contribution >= 0.6 is 0 Å². The zero-order valence-electron chi connectivity index (χ0n) is 15.0. The molecule has 3 rings (SSSR count). The van der Waals surface area contributed by atoms with Crippen molar-refractivity contribution in [3.8, 4) is 0 Å². The van der Waals surface area contributed by atoms with E-state index in [2.05, 4.69) is 33.6 Å².